The summed E-state index contributed by atoms with van der Waals surface area (Å²) in [4.78, 5) is 17.7. The molecule has 1 fully saturated rings. The highest BCUT2D eigenvalue weighted by atomic mass is 16.7. The number of rotatable bonds is 59. The fourth-order valence-electron chi connectivity index (χ4n) is 13.6. The number of unbranched alkanes of at least 4 members (excludes halogenated alkanes) is 22. The fourth-order valence-corrected chi connectivity index (χ4v) is 13.6. The first-order valence-corrected chi connectivity index (χ1v) is 39.7. The van der Waals surface area contributed by atoms with Gasteiger partial charge >= 0.3 is 0 Å². The van der Waals surface area contributed by atoms with Crippen LogP contribution in [0, 0.1) is 0 Å². The van der Waals surface area contributed by atoms with Crippen LogP contribution >= 0.6 is 0 Å². The third-order valence-corrected chi connectivity index (χ3v) is 19.7. The predicted molar refractivity (Wildman–Crippen MR) is 414 cm³/mol. The Morgan fingerprint density at radius 1 is 0.402 bits per heavy atom. The maximum Gasteiger partial charge on any atom is 0.220 e. The number of methoxy groups -OCH3 is 2. The second-order valence-electron chi connectivity index (χ2n) is 28.2. The first kappa shape index (κ1) is 83.3. The number of hydrogen-bond acceptors (Lipinski definition) is 12. The van der Waals surface area contributed by atoms with Crippen LogP contribution in [0.3, 0.4) is 0 Å². The molecule has 6 aromatic carbocycles. The van der Waals surface area contributed by atoms with Crippen molar-refractivity contribution in [3.8, 4) is 11.5 Å². The van der Waals surface area contributed by atoms with Crippen molar-refractivity contribution >= 4 is 5.91 Å². The van der Waals surface area contributed by atoms with Gasteiger partial charge in [-0.1, -0.05) is 308 Å². The van der Waals surface area contributed by atoms with Crippen LogP contribution in [0.25, 0.3) is 0 Å². The van der Waals surface area contributed by atoms with Gasteiger partial charge in [-0.05, 0) is 109 Å². The summed E-state index contributed by atoms with van der Waals surface area (Å²) in [5.41, 5.74) is 5.99. The molecule has 0 bridgehead atoms. The van der Waals surface area contributed by atoms with E-state index in [1.54, 1.807) is 14.2 Å². The van der Waals surface area contributed by atoms with Gasteiger partial charge in [0, 0.05) is 6.42 Å². The highest BCUT2D eigenvalue weighted by Crippen LogP contribution is 2.33. The Hall–Kier alpha value is -5.97. The molecule has 1 aliphatic heterocycles. The topological polar surface area (TPSA) is 125 Å². The van der Waals surface area contributed by atoms with E-state index in [0.717, 1.165) is 83.4 Å². The van der Waals surface area contributed by atoms with Crippen molar-refractivity contribution in [2.24, 2.45) is 0 Å². The lowest BCUT2D eigenvalue weighted by Crippen LogP contribution is -2.62. The Kier molecular flexibility index (Phi) is 43.2. The van der Waals surface area contributed by atoms with Gasteiger partial charge in [0.05, 0.1) is 79.2 Å². The molecule has 1 amide bonds. The monoisotopic (exact) mass is 1400 g/mol. The zero-order valence-electron chi connectivity index (χ0n) is 63.3. The molecular formula is C89H130N2O11. The summed E-state index contributed by atoms with van der Waals surface area (Å²) < 4.78 is 68.5. The Balaban J connectivity index is 1.19. The molecule has 13 heteroatoms. The zero-order chi connectivity index (χ0) is 71.5. The van der Waals surface area contributed by atoms with Gasteiger partial charge in [-0.3, -0.25) is 4.79 Å². The fraction of sp³-hybridized carbons (Fsp3) is 0.584. The summed E-state index contributed by atoms with van der Waals surface area (Å²) in [7, 11) is 3.36. The minimum Gasteiger partial charge on any atom is -0.497 e. The smallest absolute Gasteiger partial charge is 0.220 e. The second-order valence-corrected chi connectivity index (χ2v) is 28.2. The van der Waals surface area contributed by atoms with Crippen LogP contribution in [0.1, 0.15) is 234 Å². The Bertz CT molecular complexity index is 2950. The Morgan fingerprint density at radius 3 is 1.25 bits per heavy atom. The van der Waals surface area contributed by atoms with E-state index in [0.29, 0.717) is 32.7 Å². The highest BCUT2D eigenvalue weighted by Gasteiger charge is 2.50. The standard InChI is InChI=1S/C89H130N2O11/c1-6-9-12-13-14-15-16-17-18-21-24-39-52-82(96-66-77-54-58-79(93-4)59-55-77)85(97-70-78-56-60-80(94-5)61-57-78)81(90-84(92)53-40-25-22-19-20-23-26-43-64-91(62-41-10-7-2)63-42-11-8-3)71-101-89-88(100-69-76-50-37-30-38-51-76)87(99-68-75-48-35-29-36-49-75)86(98-67-74-46-33-28-34-47-74)83(102-89)72-95-65-73-44-31-27-32-45-73/h27-38,44-51,54-61,81-83,85-89H,6-26,39-43,52-53,62-72H2,1-5H3,(H,90,92)/t81-,82+,83?,85-,86-,87-,88+,89-/m0/s1. The summed E-state index contributed by atoms with van der Waals surface area (Å²) in [6.45, 7) is 12.4. The SMILES string of the molecule is CCCCCCCCCCCCCC[C@@H](OCc1ccc(OC)cc1)[C@@H](OCc1ccc(OC)cc1)[C@H](CO[C@H]1OC(COCc2ccccc2)[C@H](OCc2ccccc2)[C@H](OCc2ccccc2)[C@H]1OCc1ccccc1)NC(=O)CCCCCCCCCCN(CCCCC)CCCCC. The molecule has 0 radical (unpaired) electrons. The van der Waals surface area contributed by atoms with Gasteiger partial charge in [0.2, 0.25) is 5.91 Å². The summed E-state index contributed by atoms with van der Waals surface area (Å²) in [6, 6.07) is 56.0. The summed E-state index contributed by atoms with van der Waals surface area (Å²) in [5.74, 6) is 1.47. The van der Waals surface area contributed by atoms with E-state index >= 15 is 4.79 Å². The quantitative estimate of drug-likeness (QED) is 0.0366. The van der Waals surface area contributed by atoms with E-state index in [4.69, 9.17) is 47.4 Å². The van der Waals surface area contributed by atoms with Crippen molar-refractivity contribution in [3.63, 3.8) is 0 Å². The Morgan fingerprint density at radius 2 is 0.784 bits per heavy atom. The first-order valence-electron chi connectivity index (χ1n) is 39.7. The van der Waals surface area contributed by atoms with Gasteiger partial charge in [-0.25, -0.2) is 0 Å². The van der Waals surface area contributed by atoms with E-state index in [-0.39, 0.29) is 38.9 Å². The number of hydrogen-bond donors (Lipinski definition) is 1. The van der Waals surface area contributed by atoms with E-state index in [1.165, 1.54) is 148 Å². The minimum atomic E-state index is -1.04. The number of nitrogens with one attached hydrogen (secondary N) is 1. The molecule has 1 heterocycles. The number of nitrogens with zero attached hydrogens (tertiary/aromatic N) is 1. The molecule has 0 saturated carbocycles. The molecule has 6 aromatic rings. The molecule has 0 spiro atoms. The average molecular weight is 1400 g/mol. The number of ether oxygens (including phenoxy) is 10. The molecule has 562 valence electrons. The lowest BCUT2D eigenvalue weighted by molar-refractivity contribution is -0.330. The van der Waals surface area contributed by atoms with Crippen LogP contribution in [-0.2, 0) is 82.3 Å². The molecule has 1 aliphatic rings. The summed E-state index contributed by atoms with van der Waals surface area (Å²) >= 11 is 0. The molecule has 1 saturated heterocycles. The van der Waals surface area contributed by atoms with Crippen LogP contribution in [0.15, 0.2) is 170 Å². The number of benzene rings is 6. The molecule has 1 N–H and O–H groups in total. The summed E-state index contributed by atoms with van der Waals surface area (Å²) in [5, 5.41) is 3.57. The lowest BCUT2D eigenvalue weighted by Gasteiger charge is -2.46. The van der Waals surface area contributed by atoms with Gasteiger partial charge in [-0.2, -0.15) is 0 Å². The zero-order valence-corrected chi connectivity index (χ0v) is 63.3. The average Bonchev–Trinajstić information content (AvgIpc) is 0.783. The van der Waals surface area contributed by atoms with Crippen molar-refractivity contribution in [1.29, 1.82) is 0 Å². The molecular weight excluding hydrogens is 1270 g/mol. The van der Waals surface area contributed by atoms with Gasteiger partial charge in [0.25, 0.3) is 0 Å². The maximum absolute atomic E-state index is 15.0. The van der Waals surface area contributed by atoms with Crippen LogP contribution < -0.4 is 14.8 Å². The van der Waals surface area contributed by atoms with Crippen molar-refractivity contribution in [2.75, 3.05) is 47.1 Å². The molecule has 7 rings (SSSR count). The largest absolute Gasteiger partial charge is 0.497 e. The maximum atomic E-state index is 15.0. The minimum absolute atomic E-state index is 0.0104. The second kappa shape index (κ2) is 52.9. The van der Waals surface area contributed by atoms with Crippen molar-refractivity contribution in [1.82, 2.24) is 10.2 Å². The molecule has 13 nitrogen and oxygen atoms in total. The molecule has 1 unspecified atom stereocenters. The lowest BCUT2D eigenvalue weighted by atomic mass is 9.97. The number of carbonyl (C=O) groups is 1. The van der Waals surface area contributed by atoms with Gasteiger partial charge in [0.1, 0.15) is 42.0 Å². The normalized spacial score (nSPS) is 17.0. The third kappa shape index (κ3) is 33.9. The molecule has 102 heavy (non-hydrogen) atoms. The molecule has 0 aromatic heterocycles. The summed E-state index contributed by atoms with van der Waals surface area (Å²) in [6.07, 6.45) is 27.5. The van der Waals surface area contributed by atoms with Crippen LogP contribution in [0.2, 0.25) is 0 Å². The van der Waals surface area contributed by atoms with E-state index in [1.807, 2.05) is 109 Å². The van der Waals surface area contributed by atoms with Crippen LogP contribution in [0.4, 0.5) is 0 Å². The van der Waals surface area contributed by atoms with Gasteiger partial charge in [0.15, 0.2) is 6.29 Å². The van der Waals surface area contributed by atoms with Crippen molar-refractivity contribution in [3.05, 3.63) is 203 Å². The van der Waals surface area contributed by atoms with Crippen LogP contribution in [-0.4, -0.2) is 107 Å². The van der Waals surface area contributed by atoms with Crippen molar-refractivity contribution in [2.45, 2.75) is 289 Å². The Labute approximate surface area is 616 Å². The van der Waals surface area contributed by atoms with E-state index < -0.39 is 49.0 Å². The molecule has 8 atom stereocenters. The van der Waals surface area contributed by atoms with Crippen molar-refractivity contribution < 1.29 is 52.2 Å². The highest BCUT2D eigenvalue weighted by molar-refractivity contribution is 5.76. The van der Waals surface area contributed by atoms with Gasteiger partial charge in [-0.15, -0.1) is 0 Å². The third-order valence-electron chi connectivity index (χ3n) is 19.7. The predicted octanol–water partition coefficient (Wildman–Crippen LogP) is 20.7. The number of amides is 1. The van der Waals surface area contributed by atoms with E-state index in [2.05, 4.69) is 91.7 Å². The first-order chi connectivity index (χ1) is 50.4. The molecule has 0 aliphatic carbocycles. The number of carbonyl (C=O) groups excluding carboxylic acids is 1. The van der Waals surface area contributed by atoms with Gasteiger partial charge < -0.3 is 57.6 Å². The van der Waals surface area contributed by atoms with E-state index in [9.17, 15) is 0 Å². The van der Waals surface area contributed by atoms with Crippen LogP contribution in [0.5, 0.6) is 11.5 Å².